The first kappa shape index (κ1) is 15.1. The molecule has 1 heterocycles. The fraction of sp³-hybridized carbons (Fsp3) is 0.385. The van der Waals surface area contributed by atoms with E-state index in [1.54, 1.807) is 11.3 Å². The number of nitrogens with zero attached hydrogens (tertiary/aromatic N) is 2. The molecule has 0 bridgehead atoms. The first-order chi connectivity index (χ1) is 9.19. The maximum absolute atomic E-state index is 4.27. The Morgan fingerprint density at radius 2 is 1.89 bits per heavy atom. The van der Waals surface area contributed by atoms with Gasteiger partial charge in [-0.3, -0.25) is 0 Å². The summed E-state index contributed by atoms with van der Waals surface area (Å²) in [6.07, 6.45) is 2.09. The maximum Gasteiger partial charge on any atom is 0.147 e. The van der Waals surface area contributed by atoms with Gasteiger partial charge in [0.1, 0.15) is 10.0 Å². The maximum atomic E-state index is 4.27. The van der Waals surface area contributed by atoms with Crippen molar-refractivity contribution in [3.05, 3.63) is 32.2 Å². The van der Waals surface area contributed by atoms with Crippen LogP contribution >= 0.6 is 43.2 Å². The Hall–Kier alpha value is -0.300. The van der Waals surface area contributed by atoms with Crippen LogP contribution in [0.4, 0.5) is 0 Å². The summed E-state index contributed by atoms with van der Waals surface area (Å²) in [5.41, 5.74) is 1.09. The largest absolute Gasteiger partial charge is 0.317 e. The average molecular weight is 405 g/mol. The zero-order valence-corrected chi connectivity index (χ0v) is 14.6. The smallest absolute Gasteiger partial charge is 0.147 e. The molecule has 1 aromatic carbocycles. The molecule has 0 radical (unpaired) electrons. The van der Waals surface area contributed by atoms with Crippen LogP contribution in [0.5, 0.6) is 0 Å². The fourth-order valence-electron chi connectivity index (χ4n) is 1.69. The Labute approximate surface area is 134 Å². The first-order valence-electron chi connectivity index (χ1n) is 6.18. The van der Waals surface area contributed by atoms with Crippen LogP contribution in [0.1, 0.15) is 18.4 Å². The van der Waals surface area contributed by atoms with Gasteiger partial charge in [-0.2, -0.15) is 0 Å². The third-order valence-corrected chi connectivity index (χ3v) is 4.52. The second kappa shape index (κ2) is 7.47. The topological polar surface area (TPSA) is 37.8 Å². The summed E-state index contributed by atoms with van der Waals surface area (Å²) in [5.74, 6) is 0. The van der Waals surface area contributed by atoms with Crippen molar-refractivity contribution < 1.29 is 0 Å². The monoisotopic (exact) mass is 403 g/mol. The second-order valence-corrected chi connectivity index (χ2v) is 7.01. The Balaban J connectivity index is 2.03. The van der Waals surface area contributed by atoms with Gasteiger partial charge in [-0.05, 0) is 37.7 Å². The lowest BCUT2D eigenvalue weighted by Crippen LogP contribution is -2.14. The molecule has 0 unspecified atom stereocenters. The lowest BCUT2D eigenvalue weighted by atomic mass is 10.2. The molecule has 0 aliphatic carbocycles. The predicted octanol–water partition coefficient (Wildman–Crippen LogP) is 4.27. The van der Waals surface area contributed by atoms with E-state index in [9.17, 15) is 0 Å². The zero-order chi connectivity index (χ0) is 13.7. The van der Waals surface area contributed by atoms with Crippen molar-refractivity contribution in [1.29, 1.82) is 0 Å². The number of benzene rings is 1. The number of nitrogens with one attached hydrogen (secondary N) is 1. The van der Waals surface area contributed by atoms with Gasteiger partial charge in [0, 0.05) is 20.9 Å². The highest BCUT2D eigenvalue weighted by Crippen LogP contribution is 2.29. The number of hydrogen-bond acceptors (Lipinski definition) is 4. The fourth-order valence-corrected chi connectivity index (χ4v) is 3.85. The minimum Gasteiger partial charge on any atom is -0.317 e. The van der Waals surface area contributed by atoms with E-state index in [1.165, 1.54) is 0 Å². The van der Waals surface area contributed by atoms with Crippen molar-refractivity contribution in [3.63, 3.8) is 0 Å². The van der Waals surface area contributed by atoms with Gasteiger partial charge in [0.25, 0.3) is 0 Å². The lowest BCUT2D eigenvalue weighted by molar-refractivity contribution is 0.669. The summed E-state index contributed by atoms with van der Waals surface area (Å²) < 4.78 is 2.08. The molecule has 3 nitrogen and oxygen atoms in total. The van der Waals surface area contributed by atoms with Crippen LogP contribution in [0.15, 0.2) is 27.1 Å². The Morgan fingerprint density at radius 3 is 2.58 bits per heavy atom. The number of rotatable bonds is 6. The molecule has 0 atom stereocenters. The molecule has 6 heteroatoms. The first-order valence-corrected chi connectivity index (χ1v) is 8.59. The van der Waals surface area contributed by atoms with E-state index in [2.05, 4.69) is 66.4 Å². The molecule has 102 valence electrons. The van der Waals surface area contributed by atoms with Crippen LogP contribution in [0.25, 0.3) is 10.6 Å². The van der Waals surface area contributed by atoms with Gasteiger partial charge >= 0.3 is 0 Å². The van der Waals surface area contributed by atoms with Crippen molar-refractivity contribution in [2.75, 3.05) is 13.1 Å². The second-order valence-electron chi connectivity index (χ2n) is 4.12. The van der Waals surface area contributed by atoms with Crippen LogP contribution in [-0.2, 0) is 6.42 Å². The van der Waals surface area contributed by atoms with Gasteiger partial charge in [-0.1, -0.05) is 50.1 Å². The van der Waals surface area contributed by atoms with Crippen molar-refractivity contribution >= 4 is 43.2 Å². The van der Waals surface area contributed by atoms with Crippen LogP contribution < -0.4 is 5.32 Å². The van der Waals surface area contributed by atoms with Gasteiger partial charge in [0.2, 0.25) is 0 Å². The van der Waals surface area contributed by atoms with Gasteiger partial charge in [0.05, 0.1) is 0 Å². The lowest BCUT2D eigenvalue weighted by Gasteiger charge is -1.99. The SMILES string of the molecule is CCNCCCc1nnc(-c2cc(Br)cc(Br)c2)s1. The quantitative estimate of drug-likeness (QED) is 0.730. The number of aryl methyl sites for hydroxylation is 1. The average Bonchev–Trinajstić information content (AvgIpc) is 2.82. The normalized spacial score (nSPS) is 10.9. The highest BCUT2D eigenvalue weighted by Gasteiger charge is 2.08. The van der Waals surface area contributed by atoms with E-state index in [1.807, 2.05) is 6.07 Å². The molecule has 0 fully saturated rings. The number of halogens is 2. The summed E-state index contributed by atoms with van der Waals surface area (Å²) in [6.45, 7) is 4.18. The third-order valence-electron chi connectivity index (χ3n) is 2.57. The van der Waals surface area contributed by atoms with Gasteiger partial charge in [-0.15, -0.1) is 10.2 Å². The molecule has 0 aliphatic rings. The number of aromatic nitrogens is 2. The van der Waals surface area contributed by atoms with E-state index in [0.717, 1.165) is 50.5 Å². The minimum absolute atomic E-state index is 0.973. The van der Waals surface area contributed by atoms with Crippen molar-refractivity contribution in [1.82, 2.24) is 15.5 Å². The van der Waals surface area contributed by atoms with E-state index < -0.39 is 0 Å². The molecule has 2 rings (SSSR count). The highest BCUT2D eigenvalue weighted by molar-refractivity contribution is 9.11. The van der Waals surface area contributed by atoms with E-state index in [4.69, 9.17) is 0 Å². The Morgan fingerprint density at radius 1 is 1.16 bits per heavy atom. The van der Waals surface area contributed by atoms with Crippen molar-refractivity contribution in [3.8, 4) is 10.6 Å². The molecule has 0 aliphatic heterocycles. The highest BCUT2D eigenvalue weighted by atomic mass is 79.9. The predicted molar refractivity (Wildman–Crippen MR) is 87.6 cm³/mol. The molecule has 19 heavy (non-hydrogen) atoms. The minimum atomic E-state index is 0.973. The van der Waals surface area contributed by atoms with Crippen molar-refractivity contribution in [2.24, 2.45) is 0 Å². The standard InChI is InChI=1S/C13H15Br2N3S/c1-2-16-5-3-4-12-17-18-13(19-12)9-6-10(14)8-11(15)7-9/h6-8,16H,2-5H2,1H3. The summed E-state index contributed by atoms with van der Waals surface area (Å²) in [4.78, 5) is 0. The van der Waals surface area contributed by atoms with Crippen LogP contribution in [0.2, 0.25) is 0 Å². The Kier molecular flexibility index (Phi) is 5.94. The van der Waals surface area contributed by atoms with Crippen LogP contribution in [0, 0.1) is 0 Å². The summed E-state index contributed by atoms with van der Waals surface area (Å²) >= 11 is 8.66. The third kappa shape index (κ3) is 4.63. The van der Waals surface area contributed by atoms with Gasteiger partial charge < -0.3 is 5.32 Å². The molecule has 0 saturated heterocycles. The van der Waals surface area contributed by atoms with Crippen LogP contribution in [0.3, 0.4) is 0 Å². The van der Waals surface area contributed by atoms with Gasteiger partial charge in [0.15, 0.2) is 0 Å². The molecular weight excluding hydrogens is 390 g/mol. The van der Waals surface area contributed by atoms with Gasteiger partial charge in [-0.25, -0.2) is 0 Å². The van der Waals surface area contributed by atoms with E-state index >= 15 is 0 Å². The molecule has 2 aromatic rings. The molecule has 1 aromatic heterocycles. The molecule has 0 spiro atoms. The summed E-state index contributed by atoms with van der Waals surface area (Å²) in [5, 5.41) is 13.9. The number of hydrogen-bond donors (Lipinski definition) is 1. The molecule has 0 saturated carbocycles. The molecular formula is C13H15Br2N3S. The zero-order valence-electron chi connectivity index (χ0n) is 10.6. The molecule has 0 amide bonds. The van der Waals surface area contributed by atoms with Crippen LogP contribution in [-0.4, -0.2) is 23.3 Å². The van der Waals surface area contributed by atoms with Crippen molar-refractivity contribution in [2.45, 2.75) is 19.8 Å². The molecule has 1 N–H and O–H groups in total. The Bertz CT molecular complexity index is 522. The van der Waals surface area contributed by atoms with E-state index in [0.29, 0.717) is 0 Å². The summed E-state index contributed by atoms with van der Waals surface area (Å²) in [7, 11) is 0. The summed E-state index contributed by atoms with van der Waals surface area (Å²) in [6, 6.07) is 6.14. The van der Waals surface area contributed by atoms with E-state index in [-0.39, 0.29) is 0 Å².